The van der Waals surface area contributed by atoms with Crippen LogP contribution in [0.5, 0.6) is 0 Å². The second-order valence-corrected chi connectivity index (χ2v) is 8.84. The van der Waals surface area contributed by atoms with Crippen LogP contribution in [0.25, 0.3) is 11.3 Å². The number of carbonyl (C=O) groups excluding carboxylic acids is 2. The lowest BCUT2D eigenvalue weighted by Gasteiger charge is -2.32. The number of nitrogens with one attached hydrogen (secondary N) is 2. The Kier molecular flexibility index (Phi) is 5.95. The van der Waals surface area contributed by atoms with Crippen LogP contribution in [-0.2, 0) is 22.7 Å². The Morgan fingerprint density at radius 3 is 2.68 bits per heavy atom. The van der Waals surface area contributed by atoms with Crippen molar-refractivity contribution in [2.24, 2.45) is 5.92 Å². The van der Waals surface area contributed by atoms with Gasteiger partial charge in [-0.15, -0.1) is 0 Å². The Bertz CT molecular complexity index is 1260. The van der Waals surface area contributed by atoms with Crippen LogP contribution in [0.1, 0.15) is 18.7 Å². The lowest BCUT2D eigenvalue weighted by atomic mass is 9.96. The van der Waals surface area contributed by atoms with Gasteiger partial charge in [-0.3, -0.25) is 9.59 Å². The second kappa shape index (κ2) is 9.06. The van der Waals surface area contributed by atoms with E-state index in [9.17, 15) is 18.4 Å². The molecule has 5 rings (SSSR count). The molecule has 1 unspecified atom stereocenters. The number of hydrogen-bond acceptors (Lipinski definition) is 4. The van der Waals surface area contributed by atoms with Gasteiger partial charge in [-0.1, -0.05) is 11.6 Å². The average Bonchev–Trinajstić information content (AvgIpc) is 3.19. The van der Waals surface area contributed by atoms with Gasteiger partial charge in [-0.25, -0.2) is 13.8 Å². The van der Waals surface area contributed by atoms with Crippen molar-refractivity contribution in [3.05, 3.63) is 64.9 Å². The van der Waals surface area contributed by atoms with E-state index in [2.05, 4.69) is 10.6 Å². The molecule has 0 bridgehead atoms. The van der Waals surface area contributed by atoms with Gasteiger partial charge in [0.25, 0.3) is 0 Å². The van der Waals surface area contributed by atoms with Gasteiger partial charge in [0.1, 0.15) is 29.0 Å². The quantitative estimate of drug-likeness (QED) is 0.583. The topological polar surface area (TPSA) is 79.3 Å². The Morgan fingerprint density at radius 2 is 1.94 bits per heavy atom. The number of fused-ring (bicyclic) bond motifs is 1. The highest BCUT2D eigenvalue weighted by molar-refractivity contribution is 6.30. The smallest absolute Gasteiger partial charge is 0.226 e. The second-order valence-electron chi connectivity index (χ2n) is 8.44. The third-order valence-electron chi connectivity index (χ3n) is 6.18. The normalized spacial score (nSPS) is 17.8. The van der Waals surface area contributed by atoms with Gasteiger partial charge in [0.15, 0.2) is 0 Å². The minimum atomic E-state index is -0.554. The van der Waals surface area contributed by atoms with E-state index in [1.54, 1.807) is 23.1 Å². The van der Waals surface area contributed by atoms with Gasteiger partial charge in [0, 0.05) is 43.2 Å². The molecule has 34 heavy (non-hydrogen) atoms. The van der Waals surface area contributed by atoms with Crippen molar-refractivity contribution in [3.8, 4) is 11.3 Å². The number of anilines is 2. The zero-order chi connectivity index (χ0) is 23.8. The maximum absolute atomic E-state index is 14.1. The summed E-state index contributed by atoms with van der Waals surface area (Å²) in [5.74, 6) is -0.146. The Labute approximate surface area is 199 Å². The monoisotopic (exact) mass is 485 g/mol. The standard InChI is InChI=1S/C24H22ClF2N5O2/c25-18-6-5-17(12-19(18)27)29-23-22(14-1-3-16(26)4-2-14)30-20-13-31(9-10-32(20)23)24(34)15-7-8-28-21(33)11-15/h1-6,12,15,29H,7-11,13H2,(H,28,33). The number of aromatic nitrogens is 2. The van der Waals surface area contributed by atoms with Crippen LogP contribution in [0.2, 0.25) is 5.02 Å². The molecule has 1 fully saturated rings. The van der Waals surface area contributed by atoms with E-state index >= 15 is 0 Å². The number of nitrogens with zero attached hydrogens (tertiary/aromatic N) is 3. The Hall–Kier alpha value is -3.46. The van der Waals surface area contributed by atoms with Crippen LogP contribution < -0.4 is 10.6 Å². The maximum atomic E-state index is 14.1. The summed E-state index contributed by atoms with van der Waals surface area (Å²) in [6.45, 7) is 1.69. The van der Waals surface area contributed by atoms with Crippen molar-refractivity contribution in [1.82, 2.24) is 19.8 Å². The summed E-state index contributed by atoms with van der Waals surface area (Å²) in [5, 5.41) is 6.00. The predicted molar refractivity (Wildman–Crippen MR) is 123 cm³/mol. The lowest BCUT2D eigenvalue weighted by Crippen LogP contribution is -2.45. The highest BCUT2D eigenvalue weighted by atomic mass is 35.5. The molecular formula is C24H22ClF2N5O2. The van der Waals surface area contributed by atoms with Crippen LogP contribution in [-0.4, -0.2) is 39.4 Å². The zero-order valence-corrected chi connectivity index (χ0v) is 18.9. The van der Waals surface area contributed by atoms with Gasteiger partial charge < -0.3 is 20.1 Å². The number of amides is 2. The molecule has 10 heteroatoms. The fourth-order valence-electron chi connectivity index (χ4n) is 4.42. The number of carbonyl (C=O) groups is 2. The highest BCUT2D eigenvalue weighted by Crippen LogP contribution is 2.34. The third kappa shape index (κ3) is 4.35. The van der Waals surface area contributed by atoms with Crippen molar-refractivity contribution in [1.29, 1.82) is 0 Å². The Balaban J connectivity index is 1.48. The first kappa shape index (κ1) is 22.3. The average molecular weight is 486 g/mol. The summed E-state index contributed by atoms with van der Waals surface area (Å²) >= 11 is 5.82. The maximum Gasteiger partial charge on any atom is 0.226 e. The van der Waals surface area contributed by atoms with Crippen molar-refractivity contribution in [2.45, 2.75) is 25.9 Å². The number of hydrogen-bond donors (Lipinski definition) is 2. The van der Waals surface area contributed by atoms with E-state index in [4.69, 9.17) is 16.6 Å². The third-order valence-corrected chi connectivity index (χ3v) is 6.49. The lowest BCUT2D eigenvalue weighted by molar-refractivity contribution is -0.141. The van der Waals surface area contributed by atoms with Crippen LogP contribution >= 0.6 is 11.6 Å². The molecule has 0 aliphatic carbocycles. The summed E-state index contributed by atoms with van der Waals surface area (Å²) in [6, 6.07) is 10.4. The van der Waals surface area contributed by atoms with Crippen molar-refractivity contribution in [2.75, 3.05) is 18.4 Å². The Morgan fingerprint density at radius 1 is 1.15 bits per heavy atom. The van der Waals surface area contributed by atoms with Crippen LogP contribution in [0.15, 0.2) is 42.5 Å². The van der Waals surface area contributed by atoms with Crippen LogP contribution in [0.4, 0.5) is 20.3 Å². The number of piperidine rings is 1. The molecule has 1 atom stereocenters. The van der Waals surface area contributed by atoms with E-state index in [-0.39, 0.29) is 41.5 Å². The van der Waals surface area contributed by atoms with Crippen molar-refractivity contribution >= 4 is 34.9 Å². The van der Waals surface area contributed by atoms with E-state index < -0.39 is 5.82 Å². The first-order chi connectivity index (χ1) is 16.4. The molecule has 0 spiro atoms. The minimum Gasteiger partial charge on any atom is -0.356 e. The largest absolute Gasteiger partial charge is 0.356 e. The summed E-state index contributed by atoms with van der Waals surface area (Å²) in [7, 11) is 0. The summed E-state index contributed by atoms with van der Waals surface area (Å²) in [5.41, 5.74) is 1.73. The predicted octanol–water partition coefficient (Wildman–Crippen LogP) is 4.09. The number of benzene rings is 2. The molecule has 2 amide bonds. The molecule has 2 N–H and O–H groups in total. The molecule has 2 aromatic carbocycles. The number of imidazole rings is 1. The van der Waals surface area contributed by atoms with E-state index in [1.807, 2.05) is 4.57 Å². The molecule has 2 aliphatic rings. The fraction of sp³-hybridized carbons (Fsp3) is 0.292. The van der Waals surface area contributed by atoms with Crippen molar-refractivity contribution in [3.63, 3.8) is 0 Å². The molecule has 176 valence electrons. The number of rotatable bonds is 4. The summed E-state index contributed by atoms with van der Waals surface area (Å²) < 4.78 is 29.5. The van der Waals surface area contributed by atoms with Gasteiger partial charge in [0.2, 0.25) is 11.8 Å². The molecular weight excluding hydrogens is 464 g/mol. The molecule has 7 nitrogen and oxygen atoms in total. The molecule has 0 radical (unpaired) electrons. The molecule has 2 aliphatic heterocycles. The summed E-state index contributed by atoms with van der Waals surface area (Å²) in [6.07, 6.45) is 0.810. The first-order valence-corrected chi connectivity index (χ1v) is 11.4. The first-order valence-electron chi connectivity index (χ1n) is 11.0. The van der Waals surface area contributed by atoms with Gasteiger partial charge >= 0.3 is 0 Å². The van der Waals surface area contributed by atoms with Crippen molar-refractivity contribution < 1.29 is 18.4 Å². The SMILES string of the molecule is O=C1CC(C(=O)N2CCn3c(nc(-c4ccc(F)cc4)c3Nc3ccc(Cl)c(F)c3)C2)CCN1. The van der Waals surface area contributed by atoms with Crippen LogP contribution in [0.3, 0.4) is 0 Å². The highest BCUT2D eigenvalue weighted by Gasteiger charge is 2.33. The minimum absolute atomic E-state index is 0.0187. The molecule has 3 aromatic rings. The van der Waals surface area contributed by atoms with Gasteiger partial charge in [0.05, 0.1) is 11.6 Å². The van der Waals surface area contributed by atoms with Gasteiger partial charge in [-0.05, 0) is 48.9 Å². The summed E-state index contributed by atoms with van der Waals surface area (Å²) in [4.78, 5) is 31.3. The molecule has 1 aromatic heterocycles. The van der Waals surface area contributed by atoms with E-state index in [0.29, 0.717) is 54.6 Å². The number of halogens is 3. The molecule has 0 saturated carbocycles. The molecule has 1 saturated heterocycles. The zero-order valence-electron chi connectivity index (χ0n) is 18.2. The van der Waals surface area contributed by atoms with Crippen LogP contribution in [0, 0.1) is 17.6 Å². The fourth-order valence-corrected chi connectivity index (χ4v) is 4.54. The van der Waals surface area contributed by atoms with Gasteiger partial charge in [-0.2, -0.15) is 0 Å². The molecule has 3 heterocycles. The van der Waals surface area contributed by atoms with E-state index in [0.717, 1.165) is 0 Å². The van der Waals surface area contributed by atoms with E-state index in [1.165, 1.54) is 24.3 Å².